The fourth-order valence-electron chi connectivity index (χ4n) is 2.70. The molecule has 0 bridgehead atoms. The SMILES string of the molecule is CCCCCNC(=O)N1CCN(c2ccc(OC)c(Cl)c2)CC1. The van der Waals surface area contributed by atoms with Crippen molar-refractivity contribution >= 4 is 23.3 Å². The van der Waals surface area contributed by atoms with E-state index in [4.69, 9.17) is 16.3 Å². The van der Waals surface area contributed by atoms with Crippen molar-refractivity contribution in [2.45, 2.75) is 26.2 Å². The third-order valence-electron chi connectivity index (χ3n) is 4.12. The molecule has 128 valence electrons. The van der Waals surface area contributed by atoms with E-state index in [1.165, 1.54) is 6.42 Å². The number of carbonyl (C=O) groups is 1. The van der Waals surface area contributed by atoms with Gasteiger partial charge in [-0.25, -0.2) is 4.79 Å². The molecule has 5 nitrogen and oxygen atoms in total. The van der Waals surface area contributed by atoms with Gasteiger partial charge in [-0.2, -0.15) is 0 Å². The van der Waals surface area contributed by atoms with Crippen LogP contribution in [0, 0.1) is 0 Å². The third kappa shape index (κ3) is 4.93. The number of benzene rings is 1. The number of rotatable bonds is 6. The molecule has 2 rings (SSSR count). The number of anilines is 1. The number of urea groups is 1. The zero-order chi connectivity index (χ0) is 16.7. The van der Waals surface area contributed by atoms with Crippen LogP contribution in [0.1, 0.15) is 26.2 Å². The first-order valence-corrected chi connectivity index (χ1v) is 8.64. The van der Waals surface area contributed by atoms with Crippen molar-refractivity contribution < 1.29 is 9.53 Å². The van der Waals surface area contributed by atoms with E-state index < -0.39 is 0 Å². The number of ether oxygens (including phenoxy) is 1. The standard InChI is InChI=1S/C17H26ClN3O2/c1-3-4-5-8-19-17(22)21-11-9-20(10-12-21)14-6-7-16(23-2)15(18)13-14/h6-7,13H,3-5,8-12H2,1-2H3,(H,19,22). The lowest BCUT2D eigenvalue weighted by atomic mass is 10.2. The molecule has 6 heteroatoms. The number of hydrogen-bond donors (Lipinski definition) is 1. The number of unbranched alkanes of at least 4 members (excludes halogenated alkanes) is 2. The van der Waals surface area contributed by atoms with E-state index in [1.54, 1.807) is 7.11 Å². The van der Waals surface area contributed by atoms with Gasteiger partial charge in [0.15, 0.2) is 0 Å². The smallest absolute Gasteiger partial charge is 0.317 e. The summed E-state index contributed by atoms with van der Waals surface area (Å²) in [4.78, 5) is 16.2. The monoisotopic (exact) mass is 339 g/mol. The summed E-state index contributed by atoms with van der Waals surface area (Å²) in [5, 5.41) is 3.61. The van der Waals surface area contributed by atoms with Gasteiger partial charge in [0.25, 0.3) is 0 Å². The average molecular weight is 340 g/mol. The number of amides is 2. The molecule has 1 aromatic carbocycles. The predicted octanol–water partition coefficient (Wildman–Crippen LogP) is 3.37. The number of nitrogens with one attached hydrogen (secondary N) is 1. The van der Waals surface area contributed by atoms with Gasteiger partial charge in [-0.15, -0.1) is 0 Å². The second-order valence-corrected chi connectivity index (χ2v) is 6.14. The van der Waals surface area contributed by atoms with Gasteiger partial charge in [0, 0.05) is 38.4 Å². The van der Waals surface area contributed by atoms with Crippen molar-refractivity contribution in [3.8, 4) is 5.75 Å². The Labute approximate surface area is 143 Å². The Kier molecular flexibility index (Phi) is 6.84. The number of halogens is 1. The van der Waals surface area contributed by atoms with E-state index in [-0.39, 0.29) is 6.03 Å². The topological polar surface area (TPSA) is 44.8 Å². The van der Waals surface area contributed by atoms with Crippen molar-refractivity contribution in [2.75, 3.05) is 44.7 Å². The maximum absolute atomic E-state index is 12.1. The zero-order valence-electron chi connectivity index (χ0n) is 14.0. The molecular formula is C17H26ClN3O2. The first-order chi connectivity index (χ1) is 11.2. The van der Waals surface area contributed by atoms with Crippen LogP contribution in [0.2, 0.25) is 5.02 Å². The van der Waals surface area contributed by atoms with Crippen LogP contribution >= 0.6 is 11.6 Å². The first kappa shape index (κ1) is 17.7. The van der Waals surface area contributed by atoms with Crippen molar-refractivity contribution in [1.29, 1.82) is 0 Å². The molecule has 0 aliphatic carbocycles. The van der Waals surface area contributed by atoms with Crippen LogP contribution in [0.15, 0.2) is 18.2 Å². The summed E-state index contributed by atoms with van der Waals surface area (Å²) in [7, 11) is 1.61. The molecule has 1 aliphatic heterocycles. The molecule has 1 saturated heterocycles. The minimum Gasteiger partial charge on any atom is -0.495 e. The number of methoxy groups -OCH3 is 1. The van der Waals surface area contributed by atoms with E-state index >= 15 is 0 Å². The highest BCUT2D eigenvalue weighted by atomic mass is 35.5. The normalized spacial score (nSPS) is 14.7. The summed E-state index contributed by atoms with van der Waals surface area (Å²) in [6, 6.07) is 5.85. The highest BCUT2D eigenvalue weighted by Gasteiger charge is 2.21. The lowest BCUT2D eigenvalue weighted by molar-refractivity contribution is 0.194. The fourth-order valence-corrected chi connectivity index (χ4v) is 2.95. The summed E-state index contributed by atoms with van der Waals surface area (Å²) < 4.78 is 5.18. The van der Waals surface area contributed by atoms with E-state index in [0.29, 0.717) is 10.8 Å². The van der Waals surface area contributed by atoms with Crippen LogP contribution in [0.25, 0.3) is 0 Å². The van der Waals surface area contributed by atoms with Crippen LogP contribution in [-0.2, 0) is 0 Å². The van der Waals surface area contributed by atoms with Crippen LogP contribution < -0.4 is 15.0 Å². The molecule has 0 atom stereocenters. The van der Waals surface area contributed by atoms with Gasteiger partial charge in [-0.05, 0) is 24.6 Å². The number of carbonyl (C=O) groups excluding carboxylic acids is 1. The van der Waals surface area contributed by atoms with Crippen molar-refractivity contribution in [2.24, 2.45) is 0 Å². The van der Waals surface area contributed by atoms with Crippen LogP contribution in [0.5, 0.6) is 5.75 Å². The maximum atomic E-state index is 12.1. The molecule has 1 fully saturated rings. The quantitative estimate of drug-likeness (QED) is 0.808. The van der Waals surface area contributed by atoms with Gasteiger partial charge in [-0.1, -0.05) is 31.4 Å². The van der Waals surface area contributed by atoms with Crippen LogP contribution in [-0.4, -0.2) is 50.8 Å². The zero-order valence-corrected chi connectivity index (χ0v) is 14.7. The average Bonchev–Trinajstić information content (AvgIpc) is 2.58. The van der Waals surface area contributed by atoms with Crippen LogP contribution in [0.3, 0.4) is 0 Å². The van der Waals surface area contributed by atoms with Gasteiger partial charge in [0.2, 0.25) is 0 Å². The summed E-state index contributed by atoms with van der Waals surface area (Å²) >= 11 is 6.18. The van der Waals surface area contributed by atoms with E-state index in [2.05, 4.69) is 17.1 Å². The molecule has 1 heterocycles. The van der Waals surface area contributed by atoms with Crippen molar-refractivity contribution in [3.63, 3.8) is 0 Å². The lowest BCUT2D eigenvalue weighted by Gasteiger charge is -2.36. The Hall–Kier alpha value is -1.62. The lowest BCUT2D eigenvalue weighted by Crippen LogP contribution is -2.52. The minimum atomic E-state index is 0.0496. The number of nitrogens with zero attached hydrogens (tertiary/aromatic N) is 2. The first-order valence-electron chi connectivity index (χ1n) is 8.27. The van der Waals surface area contributed by atoms with Crippen LogP contribution in [0.4, 0.5) is 10.5 Å². The number of piperazine rings is 1. The number of hydrogen-bond acceptors (Lipinski definition) is 3. The highest BCUT2D eigenvalue weighted by Crippen LogP contribution is 2.29. The molecule has 0 spiro atoms. The highest BCUT2D eigenvalue weighted by molar-refractivity contribution is 6.32. The molecule has 1 aliphatic rings. The van der Waals surface area contributed by atoms with E-state index in [0.717, 1.165) is 51.3 Å². The summed E-state index contributed by atoms with van der Waals surface area (Å²) in [5.74, 6) is 0.681. The Morgan fingerprint density at radius 1 is 1.26 bits per heavy atom. The largest absolute Gasteiger partial charge is 0.495 e. The third-order valence-corrected chi connectivity index (χ3v) is 4.42. The predicted molar refractivity (Wildman–Crippen MR) is 94.7 cm³/mol. The Morgan fingerprint density at radius 3 is 2.61 bits per heavy atom. The van der Waals surface area contributed by atoms with E-state index in [9.17, 15) is 4.79 Å². The minimum absolute atomic E-state index is 0.0496. The fraction of sp³-hybridized carbons (Fsp3) is 0.588. The van der Waals surface area contributed by atoms with Gasteiger partial charge < -0.3 is 19.9 Å². The van der Waals surface area contributed by atoms with Gasteiger partial charge in [0.05, 0.1) is 12.1 Å². The van der Waals surface area contributed by atoms with Crippen molar-refractivity contribution in [3.05, 3.63) is 23.2 Å². The van der Waals surface area contributed by atoms with Gasteiger partial charge >= 0.3 is 6.03 Å². The van der Waals surface area contributed by atoms with Gasteiger partial charge in [0.1, 0.15) is 5.75 Å². The Bertz CT molecular complexity index is 517. The molecule has 1 N–H and O–H groups in total. The second kappa shape index (κ2) is 8.87. The summed E-state index contributed by atoms with van der Waals surface area (Å²) in [6.45, 7) is 6.00. The maximum Gasteiger partial charge on any atom is 0.317 e. The molecule has 0 radical (unpaired) electrons. The Balaban J connectivity index is 1.81. The molecule has 23 heavy (non-hydrogen) atoms. The molecule has 2 amide bonds. The van der Waals surface area contributed by atoms with E-state index in [1.807, 2.05) is 23.1 Å². The van der Waals surface area contributed by atoms with Gasteiger partial charge in [-0.3, -0.25) is 0 Å². The molecule has 0 aromatic heterocycles. The molecule has 1 aromatic rings. The summed E-state index contributed by atoms with van der Waals surface area (Å²) in [6.07, 6.45) is 3.37. The van der Waals surface area contributed by atoms with Crippen molar-refractivity contribution in [1.82, 2.24) is 10.2 Å². The molecular weight excluding hydrogens is 314 g/mol. The Morgan fingerprint density at radius 2 is 2.00 bits per heavy atom. The summed E-state index contributed by atoms with van der Waals surface area (Å²) in [5.41, 5.74) is 1.07. The molecule has 0 unspecified atom stereocenters. The molecule has 0 saturated carbocycles. The second-order valence-electron chi connectivity index (χ2n) is 5.73.